The van der Waals surface area contributed by atoms with Crippen molar-refractivity contribution >= 4 is 29.1 Å². The average molecular weight is 414 g/mol. The Labute approximate surface area is 180 Å². The molecule has 2 N–H and O–H groups in total. The molecule has 7 nitrogen and oxygen atoms in total. The van der Waals surface area contributed by atoms with Crippen LogP contribution in [0, 0.1) is 5.92 Å². The first-order chi connectivity index (χ1) is 15.1. The number of rotatable bonds is 6. The van der Waals surface area contributed by atoms with Crippen molar-refractivity contribution in [3.05, 3.63) is 90.3 Å². The van der Waals surface area contributed by atoms with E-state index in [2.05, 4.69) is 15.6 Å². The molecule has 4 rings (SSSR count). The second-order valence-corrected chi connectivity index (χ2v) is 7.35. The highest BCUT2D eigenvalue weighted by Gasteiger charge is 2.35. The number of aromatic nitrogens is 1. The number of hydrogen-bond donors (Lipinski definition) is 2. The third-order valence-electron chi connectivity index (χ3n) is 5.15. The maximum Gasteiger partial charge on any atom is 0.251 e. The first-order valence-electron chi connectivity index (χ1n) is 10.0. The Morgan fingerprint density at radius 1 is 1.00 bits per heavy atom. The maximum atomic E-state index is 12.6. The molecule has 156 valence electrons. The summed E-state index contributed by atoms with van der Waals surface area (Å²) in [6, 6.07) is 19.7. The molecule has 0 radical (unpaired) electrons. The van der Waals surface area contributed by atoms with Gasteiger partial charge < -0.3 is 15.5 Å². The van der Waals surface area contributed by atoms with Gasteiger partial charge in [-0.2, -0.15) is 0 Å². The standard InChI is InChI=1S/C24H22N4O3/c29-22-13-19(16-28(22)21-6-2-1-3-7-21)24(31)27-20-10-8-18(9-11-20)23(30)26-15-17-5-4-12-25-14-17/h1-12,14,19H,13,15-16H2,(H,26,30)(H,27,31). The molecular weight excluding hydrogens is 392 g/mol. The molecule has 0 spiro atoms. The first kappa shape index (κ1) is 20.3. The summed E-state index contributed by atoms with van der Waals surface area (Å²) in [6.45, 7) is 0.738. The largest absolute Gasteiger partial charge is 0.348 e. The Morgan fingerprint density at radius 3 is 2.48 bits per heavy atom. The number of nitrogens with zero attached hydrogens (tertiary/aromatic N) is 2. The number of nitrogens with one attached hydrogen (secondary N) is 2. The summed E-state index contributed by atoms with van der Waals surface area (Å²) in [5, 5.41) is 5.68. The summed E-state index contributed by atoms with van der Waals surface area (Å²) in [4.78, 5) is 42.9. The minimum atomic E-state index is -0.421. The molecule has 1 fully saturated rings. The van der Waals surface area contributed by atoms with Gasteiger partial charge in [-0.1, -0.05) is 24.3 Å². The molecule has 2 heterocycles. The Morgan fingerprint density at radius 2 is 1.77 bits per heavy atom. The van der Waals surface area contributed by atoms with Gasteiger partial charge in [-0.05, 0) is 48.0 Å². The van der Waals surface area contributed by atoms with E-state index in [1.54, 1.807) is 41.6 Å². The van der Waals surface area contributed by atoms with Crippen molar-refractivity contribution in [2.75, 3.05) is 16.8 Å². The van der Waals surface area contributed by atoms with Gasteiger partial charge in [0.05, 0.1) is 5.92 Å². The van der Waals surface area contributed by atoms with Gasteiger partial charge in [0.15, 0.2) is 0 Å². The number of para-hydroxylation sites is 1. The summed E-state index contributed by atoms with van der Waals surface area (Å²) in [5.41, 5.74) is 2.78. The molecule has 1 saturated heterocycles. The van der Waals surface area contributed by atoms with Crippen LogP contribution in [0.4, 0.5) is 11.4 Å². The van der Waals surface area contributed by atoms with Gasteiger partial charge in [0.25, 0.3) is 5.91 Å². The van der Waals surface area contributed by atoms with Crippen LogP contribution < -0.4 is 15.5 Å². The summed E-state index contributed by atoms with van der Waals surface area (Å²) >= 11 is 0. The van der Waals surface area contributed by atoms with Crippen molar-refractivity contribution in [2.45, 2.75) is 13.0 Å². The predicted molar refractivity (Wildman–Crippen MR) is 117 cm³/mol. The molecule has 1 aliphatic rings. The van der Waals surface area contributed by atoms with Gasteiger partial charge in [0.1, 0.15) is 0 Å². The number of carbonyl (C=O) groups excluding carboxylic acids is 3. The molecule has 1 unspecified atom stereocenters. The molecule has 2 aromatic carbocycles. The number of amides is 3. The highest BCUT2D eigenvalue weighted by Crippen LogP contribution is 2.25. The van der Waals surface area contributed by atoms with Crippen molar-refractivity contribution in [2.24, 2.45) is 5.92 Å². The molecule has 7 heteroatoms. The second-order valence-electron chi connectivity index (χ2n) is 7.35. The fraction of sp³-hybridized carbons (Fsp3) is 0.167. The predicted octanol–water partition coefficient (Wildman–Crippen LogP) is 3.00. The fourth-order valence-electron chi connectivity index (χ4n) is 3.48. The normalized spacial score (nSPS) is 15.5. The molecule has 31 heavy (non-hydrogen) atoms. The minimum Gasteiger partial charge on any atom is -0.348 e. The molecule has 1 aliphatic heterocycles. The molecule has 1 atom stereocenters. The van der Waals surface area contributed by atoms with E-state index < -0.39 is 5.92 Å². The number of hydrogen-bond acceptors (Lipinski definition) is 4. The van der Waals surface area contributed by atoms with E-state index in [4.69, 9.17) is 0 Å². The monoisotopic (exact) mass is 414 g/mol. The van der Waals surface area contributed by atoms with E-state index >= 15 is 0 Å². The Balaban J connectivity index is 1.32. The fourth-order valence-corrected chi connectivity index (χ4v) is 3.48. The summed E-state index contributed by atoms with van der Waals surface area (Å²) in [7, 11) is 0. The van der Waals surface area contributed by atoms with Crippen LogP contribution in [0.15, 0.2) is 79.1 Å². The summed E-state index contributed by atoms with van der Waals surface area (Å²) < 4.78 is 0. The second kappa shape index (κ2) is 9.21. The average Bonchev–Trinajstić information content (AvgIpc) is 3.21. The lowest BCUT2D eigenvalue weighted by Crippen LogP contribution is -2.28. The third-order valence-corrected chi connectivity index (χ3v) is 5.15. The molecule has 3 aromatic rings. The van der Waals surface area contributed by atoms with Crippen molar-refractivity contribution < 1.29 is 14.4 Å². The van der Waals surface area contributed by atoms with Crippen molar-refractivity contribution in [1.82, 2.24) is 10.3 Å². The van der Waals surface area contributed by atoms with Gasteiger partial charge >= 0.3 is 0 Å². The van der Waals surface area contributed by atoms with Crippen LogP contribution in [0.3, 0.4) is 0 Å². The molecule has 3 amide bonds. The van der Waals surface area contributed by atoms with E-state index in [9.17, 15) is 14.4 Å². The highest BCUT2D eigenvalue weighted by atomic mass is 16.2. The summed E-state index contributed by atoms with van der Waals surface area (Å²) in [5.74, 6) is -0.899. The van der Waals surface area contributed by atoms with E-state index in [0.29, 0.717) is 24.3 Å². The molecule has 0 aliphatic carbocycles. The lowest BCUT2D eigenvalue weighted by atomic mass is 10.1. The quantitative estimate of drug-likeness (QED) is 0.649. The van der Waals surface area contributed by atoms with Gasteiger partial charge in [-0.15, -0.1) is 0 Å². The number of anilines is 2. The van der Waals surface area contributed by atoms with Crippen LogP contribution in [-0.4, -0.2) is 29.3 Å². The van der Waals surface area contributed by atoms with Crippen molar-refractivity contribution in [1.29, 1.82) is 0 Å². The zero-order valence-corrected chi connectivity index (χ0v) is 16.8. The van der Waals surface area contributed by atoms with Gasteiger partial charge in [0.2, 0.25) is 11.8 Å². The number of carbonyl (C=O) groups is 3. The van der Waals surface area contributed by atoms with Gasteiger partial charge in [-0.3, -0.25) is 19.4 Å². The maximum absolute atomic E-state index is 12.6. The Bertz CT molecular complexity index is 1070. The van der Waals surface area contributed by atoms with E-state index in [0.717, 1.165) is 11.3 Å². The zero-order chi connectivity index (χ0) is 21.6. The van der Waals surface area contributed by atoms with Crippen LogP contribution in [0.1, 0.15) is 22.3 Å². The number of benzene rings is 2. The van der Waals surface area contributed by atoms with E-state index in [-0.39, 0.29) is 24.1 Å². The first-order valence-corrected chi connectivity index (χ1v) is 10.0. The lowest BCUT2D eigenvalue weighted by molar-refractivity contribution is -0.122. The highest BCUT2D eigenvalue weighted by molar-refractivity contribution is 6.03. The number of pyridine rings is 1. The van der Waals surface area contributed by atoms with Crippen LogP contribution in [0.5, 0.6) is 0 Å². The van der Waals surface area contributed by atoms with Gasteiger partial charge in [-0.25, -0.2) is 0 Å². The smallest absolute Gasteiger partial charge is 0.251 e. The van der Waals surface area contributed by atoms with E-state index in [1.807, 2.05) is 42.5 Å². The lowest BCUT2D eigenvalue weighted by Gasteiger charge is -2.16. The molecule has 1 aromatic heterocycles. The van der Waals surface area contributed by atoms with Crippen LogP contribution >= 0.6 is 0 Å². The van der Waals surface area contributed by atoms with Crippen LogP contribution in [0.25, 0.3) is 0 Å². The molecule has 0 saturated carbocycles. The topological polar surface area (TPSA) is 91.4 Å². The van der Waals surface area contributed by atoms with E-state index in [1.165, 1.54) is 0 Å². The van der Waals surface area contributed by atoms with Crippen molar-refractivity contribution in [3.8, 4) is 0 Å². The van der Waals surface area contributed by atoms with Crippen LogP contribution in [0.2, 0.25) is 0 Å². The molecule has 0 bridgehead atoms. The zero-order valence-electron chi connectivity index (χ0n) is 16.8. The molecular formula is C24H22N4O3. The Hall–Kier alpha value is -4.00. The third kappa shape index (κ3) is 4.95. The minimum absolute atomic E-state index is 0.0630. The van der Waals surface area contributed by atoms with Crippen LogP contribution in [-0.2, 0) is 16.1 Å². The summed E-state index contributed by atoms with van der Waals surface area (Å²) in [6.07, 6.45) is 3.56. The van der Waals surface area contributed by atoms with Crippen molar-refractivity contribution in [3.63, 3.8) is 0 Å². The Kier molecular flexibility index (Phi) is 6.03. The SMILES string of the molecule is O=C(NCc1cccnc1)c1ccc(NC(=O)C2CC(=O)N(c3ccccc3)C2)cc1. The van der Waals surface area contributed by atoms with Gasteiger partial charge in [0, 0.05) is 48.8 Å².